The molecule has 0 fully saturated rings. The van der Waals surface area contributed by atoms with Gasteiger partial charge in [0.25, 0.3) is 0 Å². The van der Waals surface area contributed by atoms with Crippen molar-refractivity contribution >= 4 is 16.9 Å². The van der Waals surface area contributed by atoms with E-state index in [1.807, 2.05) is 12.1 Å². The lowest BCUT2D eigenvalue weighted by molar-refractivity contribution is -0.143. The molecule has 4 nitrogen and oxygen atoms in total. The zero-order valence-electron chi connectivity index (χ0n) is 15.4. The van der Waals surface area contributed by atoms with Crippen LogP contribution in [0.3, 0.4) is 0 Å². The summed E-state index contributed by atoms with van der Waals surface area (Å²) in [6, 6.07) is 16.5. The van der Waals surface area contributed by atoms with Crippen LogP contribution in [0.25, 0.3) is 10.9 Å². The Balaban J connectivity index is 1.81. The number of benzene rings is 2. The van der Waals surface area contributed by atoms with Crippen LogP contribution in [0, 0.1) is 0 Å². The van der Waals surface area contributed by atoms with Gasteiger partial charge >= 0.3 is 5.97 Å². The number of carbonyl (C=O) groups is 1. The van der Waals surface area contributed by atoms with E-state index in [2.05, 4.69) is 60.5 Å². The van der Waals surface area contributed by atoms with Crippen LogP contribution >= 0.6 is 0 Å². The lowest BCUT2D eigenvalue weighted by atomic mass is 9.89. The number of fused-ring (bicyclic) bond motifs is 3. The van der Waals surface area contributed by atoms with Crippen LogP contribution in [-0.4, -0.2) is 24.1 Å². The van der Waals surface area contributed by atoms with Gasteiger partial charge in [-0.05, 0) is 28.7 Å². The Hall–Kier alpha value is -2.59. The fourth-order valence-corrected chi connectivity index (χ4v) is 3.86. The van der Waals surface area contributed by atoms with Crippen molar-refractivity contribution in [2.45, 2.75) is 38.3 Å². The summed E-state index contributed by atoms with van der Waals surface area (Å²) < 4.78 is 5.02. The van der Waals surface area contributed by atoms with E-state index in [0.717, 1.165) is 16.8 Å². The van der Waals surface area contributed by atoms with E-state index in [1.165, 1.54) is 23.6 Å². The SMILES string of the molecule is COC(=O)[C@H]1Cc2c([nH]c3ccccc23)[C@@H](c2ccc(C(C)C)cc2)N1. The average molecular weight is 348 g/mol. The molecule has 0 amide bonds. The lowest BCUT2D eigenvalue weighted by Gasteiger charge is -2.30. The van der Waals surface area contributed by atoms with Gasteiger partial charge in [-0.15, -0.1) is 0 Å². The summed E-state index contributed by atoms with van der Waals surface area (Å²) in [5, 5.41) is 4.66. The number of carbonyl (C=O) groups excluding carboxylic acids is 1. The molecule has 0 saturated carbocycles. The molecule has 1 aromatic heterocycles. The molecule has 2 aromatic carbocycles. The summed E-state index contributed by atoms with van der Waals surface area (Å²) in [4.78, 5) is 15.8. The Labute approximate surface area is 153 Å². The summed E-state index contributed by atoms with van der Waals surface area (Å²) in [5.41, 5.74) is 5.91. The molecular formula is C22H24N2O2. The number of methoxy groups -OCH3 is 1. The van der Waals surface area contributed by atoms with Crippen LogP contribution < -0.4 is 5.32 Å². The first-order valence-electron chi connectivity index (χ1n) is 9.11. The maximum absolute atomic E-state index is 12.3. The molecule has 2 N–H and O–H groups in total. The highest BCUT2D eigenvalue weighted by Gasteiger charge is 2.34. The molecule has 4 rings (SSSR count). The largest absolute Gasteiger partial charge is 0.468 e. The van der Waals surface area contributed by atoms with Crippen molar-refractivity contribution in [2.75, 3.05) is 7.11 Å². The molecule has 1 aliphatic rings. The molecule has 0 aliphatic carbocycles. The predicted molar refractivity (Wildman–Crippen MR) is 103 cm³/mol. The van der Waals surface area contributed by atoms with Crippen molar-refractivity contribution in [3.8, 4) is 0 Å². The fourth-order valence-electron chi connectivity index (χ4n) is 3.86. The van der Waals surface area contributed by atoms with E-state index in [4.69, 9.17) is 4.74 Å². The number of para-hydroxylation sites is 1. The molecule has 0 spiro atoms. The Kier molecular flexibility index (Phi) is 4.29. The molecule has 26 heavy (non-hydrogen) atoms. The Bertz CT molecular complexity index is 940. The third-order valence-electron chi connectivity index (χ3n) is 5.33. The topological polar surface area (TPSA) is 54.1 Å². The van der Waals surface area contributed by atoms with Gasteiger partial charge in [0.2, 0.25) is 0 Å². The van der Waals surface area contributed by atoms with Crippen LogP contribution in [0.4, 0.5) is 0 Å². The zero-order valence-corrected chi connectivity index (χ0v) is 15.4. The molecule has 1 aliphatic heterocycles. The van der Waals surface area contributed by atoms with Crippen LogP contribution in [0.2, 0.25) is 0 Å². The molecule has 0 unspecified atom stereocenters. The fraction of sp³-hybridized carbons (Fsp3) is 0.318. The second-order valence-corrected chi connectivity index (χ2v) is 7.26. The first-order valence-corrected chi connectivity index (χ1v) is 9.11. The summed E-state index contributed by atoms with van der Waals surface area (Å²) in [5.74, 6) is 0.277. The van der Waals surface area contributed by atoms with Crippen molar-refractivity contribution in [3.05, 3.63) is 70.9 Å². The smallest absolute Gasteiger partial charge is 0.323 e. The third kappa shape index (κ3) is 2.80. The van der Waals surface area contributed by atoms with Crippen LogP contribution in [0.15, 0.2) is 48.5 Å². The van der Waals surface area contributed by atoms with Gasteiger partial charge in [-0.3, -0.25) is 10.1 Å². The lowest BCUT2D eigenvalue weighted by Crippen LogP contribution is -2.45. The summed E-state index contributed by atoms with van der Waals surface area (Å²) in [6.45, 7) is 4.38. The normalized spacial score (nSPS) is 19.5. The maximum atomic E-state index is 12.3. The standard InChI is InChI=1S/C22H24N2O2/c1-13(2)14-8-10-15(11-9-14)20-21-17(12-19(24-20)22(25)26-3)16-6-4-5-7-18(16)23-21/h4-11,13,19-20,23-24H,12H2,1-3H3/t19-,20-/m1/s1. The molecular weight excluding hydrogens is 324 g/mol. The number of hydrogen-bond acceptors (Lipinski definition) is 3. The van der Waals surface area contributed by atoms with E-state index < -0.39 is 0 Å². The molecule has 134 valence electrons. The number of aromatic nitrogens is 1. The second-order valence-electron chi connectivity index (χ2n) is 7.26. The van der Waals surface area contributed by atoms with Gasteiger partial charge in [0.05, 0.1) is 13.2 Å². The molecule has 3 aromatic rings. The van der Waals surface area contributed by atoms with Crippen LogP contribution in [-0.2, 0) is 16.0 Å². The number of ether oxygens (including phenoxy) is 1. The minimum absolute atomic E-state index is 0.0588. The van der Waals surface area contributed by atoms with Crippen molar-refractivity contribution in [2.24, 2.45) is 0 Å². The van der Waals surface area contributed by atoms with E-state index in [0.29, 0.717) is 12.3 Å². The number of esters is 1. The van der Waals surface area contributed by atoms with Crippen molar-refractivity contribution in [1.29, 1.82) is 0 Å². The van der Waals surface area contributed by atoms with Crippen molar-refractivity contribution in [3.63, 3.8) is 0 Å². The predicted octanol–water partition coefficient (Wildman–Crippen LogP) is 4.07. The first-order chi connectivity index (χ1) is 12.6. The minimum atomic E-state index is -0.346. The Morgan fingerprint density at radius 3 is 2.54 bits per heavy atom. The molecule has 2 heterocycles. The quantitative estimate of drug-likeness (QED) is 0.702. The highest BCUT2D eigenvalue weighted by molar-refractivity contribution is 5.87. The molecule has 2 atom stereocenters. The highest BCUT2D eigenvalue weighted by Crippen LogP contribution is 2.35. The Morgan fingerprint density at radius 2 is 1.85 bits per heavy atom. The van der Waals surface area contributed by atoms with E-state index >= 15 is 0 Å². The Morgan fingerprint density at radius 1 is 1.12 bits per heavy atom. The van der Waals surface area contributed by atoms with Crippen molar-refractivity contribution < 1.29 is 9.53 Å². The van der Waals surface area contributed by atoms with E-state index in [9.17, 15) is 4.79 Å². The van der Waals surface area contributed by atoms with Gasteiger partial charge < -0.3 is 9.72 Å². The van der Waals surface area contributed by atoms with Gasteiger partial charge in [0.15, 0.2) is 0 Å². The second kappa shape index (κ2) is 6.61. The maximum Gasteiger partial charge on any atom is 0.323 e. The molecule has 0 saturated heterocycles. The third-order valence-corrected chi connectivity index (χ3v) is 5.33. The summed E-state index contributed by atoms with van der Waals surface area (Å²) in [6.07, 6.45) is 0.632. The van der Waals surface area contributed by atoms with E-state index in [1.54, 1.807) is 0 Å². The van der Waals surface area contributed by atoms with Crippen LogP contribution in [0.5, 0.6) is 0 Å². The number of nitrogens with one attached hydrogen (secondary N) is 2. The molecule has 0 radical (unpaired) electrons. The van der Waals surface area contributed by atoms with Gasteiger partial charge in [-0.1, -0.05) is 56.3 Å². The zero-order chi connectivity index (χ0) is 18.3. The van der Waals surface area contributed by atoms with Crippen molar-refractivity contribution in [1.82, 2.24) is 10.3 Å². The van der Waals surface area contributed by atoms with Gasteiger partial charge in [0.1, 0.15) is 6.04 Å². The first kappa shape index (κ1) is 16.9. The average Bonchev–Trinajstić information content (AvgIpc) is 3.05. The number of H-pyrrole nitrogens is 1. The number of aromatic amines is 1. The van der Waals surface area contributed by atoms with Gasteiger partial charge in [0, 0.05) is 23.0 Å². The number of hydrogen-bond donors (Lipinski definition) is 2. The van der Waals surface area contributed by atoms with Crippen LogP contribution in [0.1, 0.15) is 48.2 Å². The molecule has 4 heteroatoms. The highest BCUT2D eigenvalue weighted by atomic mass is 16.5. The molecule has 0 bridgehead atoms. The van der Waals surface area contributed by atoms with Gasteiger partial charge in [-0.25, -0.2) is 0 Å². The summed E-state index contributed by atoms with van der Waals surface area (Å²) in [7, 11) is 1.45. The minimum Gasteiger partial charge on any atom is -0.468 e. The van der Waals surface area contributed by atoms with E-state index in [-0.39, 0.29) is 18.1 Å². The summed E-state index contributed by atoms with van der Waals surface area (Å²) >= 11 is 0. The monoisotopic (exact) mass is 348 g/mol. The number of rotatable bonds is 3. The van der Waals surface area contributed by atoms with Gasteiger partial charge in [-0.2, -0.15) is 0 Å².